The Labute approximate surface area is 166 Å². The van der Waals surface area contributed by atoms with Crippen LogP contribution in [0.3, 0.4) is 0 Å². The first kappa shape index (κ1) is 21.8. The van der Waals surface area contributed by atoms with Gasteiger partial charge in [-0.15, -0.1) is 0 Å². The summed E-state index contributed by atoms with van der Waals surface area (Å²) in [5, 5.41) is 24.2. The molecule has 1 fully saturated rings. The van der Waals surface area contributed by atoms with Gasteiger partial charge in [0.1, 0.15) is 24.5 Å². The van der Waals surface area contributed by atoms with Gasteiger partial charge >= 0.3 is 5.97 Å². The number of hydrogen-bond donors (Lipinski definition) is 3. The van der Waals surface area contributed by atoms with Gasteiger partial charge in [0.15, 0.2) is 16.1 Å². The lowest BCUT2D eigenvalue weighted by Crippen LogP contribution is -2.37. The average Bonchev–Trinajstić information content (AvgIpc) is 2.92. The SMILES string of the molecule is C=Nc1c(Cl)nc(SCCC)nc1N[C@@H]1C[C@H](OCC(=O)OC)[C@@H](O)[C@H]1O. The van der Waals surface area contributed by atoms with Crippen molar-refractivity contribution in [2.45, 2.75) is 49.3 Å². The number of nitrogens with zero attached hydrogens (tertiary/aromatic N) is 3. The molecule has 1 aliphatic rings. The number of halogens is 1. The van der Waals surface area contributed by atoms with Gasteiger partial charge in [-0.1, -0.05) is 30.3 Å². The number of hydrogen-bond acceptors (Lipinski definition) is 10. The fourth-order valence-electron chi connectivity index (χ4n) is 2.61. The van der Waals surface area contributed by atoms with Gasteiger partial charge in [0, 0.05) is 5.75 Å². The Balaban J connectivity index is 2.14. The molecule has 0 amide bonds. The third-order valence-electron chi connectivity index (χ3n) is 4.01. The van der Waals surface area contributed by atoms with Gasteiger partial charge < -0.3 is 25.0 Å². The molecule has 11 heteroatoms. The van der Waals surface area contributed by atoms with Gasteiger partial charge in [0.2, 0.25) is 0 Å². The lowest BCUT2D eigenvalue weighted by Gasteiger charge is -2.19. The summed E-state index contributed by atoms with van der Waals surface area (Å²) in [6.07, 6.45) is -1.84. The van der Waals surface area contributed by atoms with Crippen molar-refractivity contribution < 1.29 is 24.5 Å². The van der Waals surface area contributed by atoms with E-state index in [2.05, 4.69) is 31.7 Å². The molecule has 0 aliphatic heterocycles. The number of aliphatic hydroxyl groups is 2. The quantitative estimate of drug-likeness (QED) is 0.179. The van der Waals surface area contributed by atoms with Crippen LogP contribution in [0.1, 0.15) is 19.8 Å². The Kier molecular flexibility index (Phi) is 8.24. The van der Waals surface area contributed by atoms with E-state index in [9.17, 15) is 15.0 Å². The number of carbonyl (C=O) groups excluding carboxylic acids is 1. The Morgan fingerprint density at radius 3 is 2.81 bits per heavy atom. The van der Waals surface area contributed by atoms with Crippen LogP contribution in [-0.4, -0.2) is 76.7 Å². The number of esters is 1. The van der Waals surface area contributed by atoms with Crippen molar-refractivity contribution in [2.75, 3.05) is 24.8 Å². The third kappa shape index (κ3) is 5.52. The normalized spacial score (nSPS) is 24.6. The van der Waals surface area contributed by atoms with Crippen LogP contribution in [0.25, 0.3) is 0 Å². The maximum absolute atomic E-state index is 11.2. The van der Waals surface area contributed by atoms with Crippen molar-refractivity contribution in [2.24, 2.45) is 4.99 Å². The molecule has 1 aromatic heterocycles. The van der Waals surface area contributed by atoms with Crippen molar-refractivity contribution in [1.29, 1.82) is 0 Å². The van der Waals surface area contributed by atoms with Crippen LogP contribution in [-0.2, 0) is 14.3 Å². The van der Waals surface area contributed by atoms with E-state index in [0.717, 1.165) is 12.2 Å². The summed E-state index contributed by atoms with van der Waals surface area (Å²) in [4.78, 5) is 23.6. The van der Waals surface area contributed by atoms with Crippen LogP contribution in [0.5, 0.6) is 0 Å². The van der Waals surface area contributed by atoms with Crippen LogP contribution in [0, 0.1) is 0 Å². The number of aliphatic imine (C=N–C) groups is 1. The first-order chi connectivity index (χ1) is 12.9. The molecule has 1 saturated carbocycles. The molecule has 0 aromatic carbocycles. The first-order valence-corrected chi connectivity index (χ1v) is 9.75. The van der Waals surface area contributed by atoms with Crippen LogP contribution in [0.4, 0.5) is 11.5 Å². The number of anilines is 1. The molecule has 4 atom stereocenters. The summed E-state index contributed by atoms with van der Waals surface area (Å²) >= 11 is 7.61. The minimum atomic E-state index is -1.17. The van der Waals surface area contributed by atoms with Gasteiger partial charge in [-0.05, 0) is 19.6 Å². The number of rotatable bonds is 9. The molecule has 9 nitrogen and oxygen atoms in total. The predicted molar refractivity (Wildman–Crippen MR) is 103 cm³/mol. The monoisotopic (exact) mass is 418 g/mol. The zero-order chi connectivity index (χ0) is 20.0. The molecular formula is C16H23ClN4O5S. The molecule has 0 saturated heterocycles. The Morgan fingerprint density at radius 1 is 1.44 bits per heavy atom. The Hall–Kier alpha value is -1.46. The molecule has 1 heterocycles. The Bertz CT molecular complexity index is 680. The molecule has 150 valence electrons. The highest BCUT2D eigenvalue weighted by Gasteiger charge is 2.43. The lowest BCUT2D eigenvalue weighted by molar-refractivity contribution is -0.150. The Morgan fingerprint density at radius 2 is 2.19 bits per heavy atom. The van der Waals surface area contributed by atoms with Crippen LogP contribution < -0.4 is 5.32 Å². The second-order valence-corrected chi connectivity index (χ2v) is 7.31. The van der Waals surface area contributed by atoms with Crippen molar-refractivity contribution in [3.63, 3.8) is 0 Å². The molecule has 0 unspecified atom stereocenters. The molecule has 1 aromatic rings. The molecule has 0 spiro atoms. The van der Waals surface area contributed by atoms with Crippen molar-refractivity contribution >= 4 is 47.6 Å². The van der Waals surface area contributed by atoms with Crippen LogP contribution in [0.2, 0.25) is 5.15 Å². The first-order valence-electron chi connectivity index (χ1n) is 8.39. The minimum Gasteiger partial charge on any atom is -0.467 e. The molecule has 27 heavy (non-hydrogen) atoms. The van der Waals surface area contributed by atoms with E-state index < -0.39 is 30.3 Å². The lowest BCUT2D eigenvalue weighted by atomic mass is 10.2. The summed E-state index contributed by atoms with van der Waals surface area (Å²) in [6.45, 7) is 5.21. The van der Waals surface area contributed by atoms with E-state index in [1.165, 1.54) is 18.9 Å². The van der Waals surface area contributed by atoms with Crippen molar-refractivity contribution in [3.8, 4) is 0 Å². The smallest absolute Gasteiger partial charge is 0.331 e. The van der Waals surface area contributed by atoms with E-state index in [4.69, 9.17) is 16.3 Å². The van der Waals surface area contributed by atoms with Crippen molar-refractivity contribution in [1.82, 2.24) is 9.97 Å². The minimum absolute atomic E-state index is 0.146. The summed E-state index contributed by atoms with van der Waals surface area (Å²) < 4.78 is 9.85. The van der Waals surface area contributed by atoms with Gasteiger partial charge in [0.05, 0.1) is 19.3 Å². The second-order valence-electron chi connectivity index (χ2n) is 5.89. The van der Waals surface area contributed by atoms with E-state index in [1.54, 1.807) is 0 Å². The molecule has 2 rings (SSSR count). The van der Waals surface area contributed by atoms with Crippen molar-refractivity contribution in [3.05, 3.63) is 5.15 Å². The number of thioether (sulfide) groups is 1. The van der Waals surface area contributed by atoms with Gasteiger partial charge in [-0.3, -0.25) is 4.99 Å². The fourth-order valence-corrected chi connectivity index (χ4v) is 3.59. The number of carbonyl (C=O) groups is 1. The molecule has 3 N–H and O–H groups in total. The molecule has 0 radical (unpaired) electrons. The topological polar surface area (TPSA) is 126 Å². The second kappa shape index (κ2) is 10.2. The van der Waals surface area contributed by atoms with E-state index >= 15 is 0 Å². The largest absolute Gasteiger partial charge is 0.467 e. The maximum atomic E-state index is 11.2. The number of ether oxygens (including phenoxy) is 2. The number of nitrogens with one attached hydrogen (secondary N) is 1. The summed E-state index contributed by atoms with van der Waals surface area (Å²) in [7, 11) is 1.24. The summed E-state index contributed by atoms with van der Waals surface area (Å²) in [6, 6.07) is -0.585. The summed E-state index contributed by atoms with van der Waals surface area (Å²) in [5.41, 5.74) is 0.262. The predicted octanol–water partition coefficient (Wildman–Crippen LogP) is 1.43. The molecular weight excluding hydrogens is 396 g/mol. The highest BCUT2D eigenvalue weighted by molar-refractivity contribution is 7.99. The average molecular weight is 419 g/mol. The van der Waals surface area contributed by atoms with Gasteiger partial charge in [-0.2, -0.15) is 0 Å². The highest BCUT2D eigenvalue weighted by Crippen LogP contribution is 2.35. The third-order valence-corrected chi connectivity index (χ3v) is 5.33. The van der Waals surface area contributed by atoms with E-state index in [1.807, 2.05) is 6.92 Å². The maximum Gasteiger partial charge on any atom is 0.331 e. The van der Waals surface area contributed by atoms with Crippen LogP contribution >= 0.6 is 23.4 Å². The van der Waals surface area contributed by atoms with E-state index in [-0.39, 0.29) is 23.9 Å². The fraction of sp³-hybridized carbons (Fsp3) is 0.625. The zero-order valence-electron chi connectivity index (χ0n) is 15.1. The number of aliphatic hydroxyl groups excluding tert-OH is 2. The highest BCUT2D eigenvalue weighted by atomic mass is 35.5. The summed E-state index contributed by atoms with van der Waals surface area (Å²) in [5.74, 6) is 0.574. The van der Waals surface area contributed by atoms with Crippen LogP contribution in [0.15, 0.2) is 10.1 Å². The van der Waals surface area contributed by atoms with Gasteiger partial charge in [-0.25, -0.2) is 14.8 Å². The van der Waals surface area contributed by atoms with E-state index in [0.29, 0.717) is 11.0 Å². The zero-order valence-corrected chi connectivity index (χ0v) is 16.7. The number of aromatic nitrogens is 2. The molecule has 0 bridgehead atoms. The standard InChI is InChI=1S/C16H23ClN4O5S/c1-4-5-27-16-20-14(17)11(18-2)15(21-16)19-8-6-9(13(24)12(8)23)26-7-10(22)25-3/h8-9,12-13,23-24H,2,4-7H2,1,3H3,(H,19,20,21)/t8-,9+,12+,13-/m1/s1. The number of methoxy groups -OCH3 is 1. The van der Waals surface area contributed by atoms with Gasteiger partial charge in [0.25, 0.3) is 0 Å². The molecule has 1 aliphatic carbocycles.